The molecule has 0 spiro atoms. The molecule has 1 aromatic heterocycles. The molecule has 1 aliphatic heterocycles. The van der Waals surface area contributed by atoms with Crippen LogP contribution in [0.15, 0.2) is 36.9 Å². The van der Waals surface area contributed by atoms with Crippen LogP contribution >= 0.6 is 0 Å². The van der Waals surface area contributed by atoms with Gasteiger partial charge in [0.25, 0.3) is 0 Å². The Hall–Kier alpha value is -2.70. The van der Waals surface area contributed by atoms with Gasteiger partial charge in [0.05, 0.1) is 12.5 Å². The Labute approximate surface area is 146 Å². The number of amides is 2. The minimum absolute atomic E-state index is 0.0351. The third-order valence-electron chi connectivity index (χ3n) is 4.89. The summed E-state index contributed by atoms with van der Waals surface area (Å²) < 4.78 is 1.75. The maximum Gasteiger partial charge on any atom is 0.225 e. The quantitative estimate of drug-likeness (QED) is 0.850. The van der Waals surface area contributed by atoms with Gasteiger partial charge in [0, 0.05) is 25.6 Å². The Balaban J connectivity index is 1.36. The van der Waals surface area contributed by atoms with Crippen molar-refractivity contribution in [3.63, 3.8) is 0 Å². The lowest BCUT2D eigenvalue weighted by Crippen LogP contribution is -2.33. The molecule has 25 heavy (non-hydrogen) atoms. The van der Waals surface area contributed by atoms with Crippen molar-refractivity contribution in [2.45, 2.75) is 38.4 Å². The van der Waals surface area contributed by atoms with Crippen molar-refractivity contribution in [1.82, 2.24) is 25.0 Å². The summed E-state index contributed by atoms with van der Waals surface area (Å²) in [6, 6.07) is 8.34. The second-order valence-corrected chi connectivity index (χ2v) is 6.76. The van der Waals surface area contributed by atoms with E-state index in [0.717, 1.165) is 24.0 Å². The molecule has 2 amide bonds. The van der Waals surface area contributed by atoms with E-state index in [1.807, 2.05) is 29.2 Å². The maximum atomic E-state index is 12.5. The van der Waals surface area contributed by atoms with E-state index in [1.165, 1.54) is 6.33 Å². The molecule has 2 aromatic rings. The third kappa shape index (κ3) is 3.55. The van der Waals surface area contributed by atoms with E-state index >= 15 is 0 Å². The molecule has 2 heterocycles. The Morgan fingerprint density at radius 1 is 1.24 bits per heavy atom. The molecule has 1 atom stereocenters. The number of carbonyl (C=O) groups excluding carboxylic acids is 2. The van der Waals surface area contributed by atoms with Crippen LogP contribution in [0.2, 0.25) is 0 Å². The lowest BCUT2D eigenvalue weighted by Gasteiger charge is -2.16. The minimum Gasteiger partial charge on any atom is -0.352 e. The highest BCUT2D eigenvalue weighted by molar-refractivity contribution is 5.89. The molecule has 1 saturated carbocycles. The van der Waals surface area contributed by atoms with E-state index < -0.39 is 0 Å². The van der Waals surface area contributed by atoms with Crippen molar-refractivity contribution in [2.24, 2.45) is 5.92 Å². The van der Waals surface area contributed by atoms with Crippen LogP contribution in [0.1, 0.15) is 30.4 Å². The van der Waals surface area contributed by atoms with Gasteiger partial charge in [0.15, 0.2) is 0 Å². The average molecular weight is 339 g/mol. The predicted octanol–water partition coefficient (Wildman–Crippen LogP) is 0.953. The molecule has 1 aromatic carbocycles. The van der Waals surface area contributed by atoms with Crippen LogP contribution in [0.3, 0.4) is 0 Å². The summed E-state index contributed by atoms with van der Waals surface area (Å²) in [5.74, 6) is -0.142. The summed E-state index contributed by atoms with van der Waals surface area (Å²) in [4.78, 5) is 30.3. The first kappa shape index (κ1) is 15.8. The Bertz CT molecular complexity index is 770. The standard InChI is InChI=1S/C18H21N5O2/c24-17-7-15(10-23(17)16-5-6-16)18(25)20-8-13-3-1-2-4-14(13)9-22-12-19-11-21-22/h1-4,11-12,15-16H,5-10H2,(H,20,25)/t15-/m0/s1. The van der Waals surface area contributed by atoms with E-state index in [-0.39, 0.29) is 17.7 Å². The molecule has 1 N–H and O–H groups in total. The van der Waals surface area contributed by atoms with Gasteiger partial charge in [-0.1, -0.05) is 24.3 Å². The van der Waals surface area contributed by atoms with Crippen molar-refractivity contribution in [3.05, 3.63) is 48.0 Å². The van der Waals surface area contributed by atoms with Crippen LogP contribution in [0, 0.1) is 5.92 Å². The van der Waals surface area contributed by atoms with Gasteiger partial charge >= 0.3 is 0 Å². The fourth-order valence-electron chi connectivity index (χ4n) is 3.35. The molecule has 0 unspecified atom stereocenters. The molecule has 2 aliphatic rings. The summed E-state index contributed by atoms with van der Waals surface area (Å²) in [6.07, 6.45) is 5.67. The zero-order valence-electron chi connectivity index (χ0n) is 14.0. The molecule has 7 nitrogen and oxygen atoms in total. The SMILES string of the molecule is O=C(NCc1ccccc1Cn1cncn1)[C@H]1CC(=O)N(C2CC2)C1. The fourth-order valence-corrected chi connectivity index (χ4v) is 3.35. The van der Waals surface area contributed by atoms with Gasteiger partial charge in [-0.25, -0.2) is 9.67 Å². The highest BCUT2D eigenvalue weighted by atomic mass is 16.2. The summed E-state index contributed by atoms with van der Waals surface area (Å²) in [7, 11) is 0. The molecular weight excluding hydrogens is 318 g/mol. The number of nitrogens with one attached hydrogen (secondary N) is 1. The number of likely N-dealkylation sites (tertiary alicyclic amines) is 1. The lowest BCUT2D eigenvalue weighted by atomic mass is 10.1. The molecule has 1 saturated heterocycles. The van der Waals surface area contributed by atoms with Crippen LogP contribution in [0.4, 0.5) is 0 Å². The van der Waals surface area contributed by atoms with Crippen molar-refractivity contribution >= 4 is 11.8 Å². The highest BCUT2D eigenvalue weighted by Gasteiger charge is 2.41. The topological polar surface area (TPSA) is 80.1 Å². The van der Waals surface area contributed by atoms with Crippen molar-refractivity contribution in [1.29, 1.82) is 0 Å². The summed E-state index contributed by atoms with van der Waals surface area (Å²) >= 11 is 0. The smallest absolute Gasteiger partial charge is 0.225 e. The molecule has 0 radical (unpaired) electrons. The van der Waals surface area contributed by atoms with Crippen molar-refractivity contribution < 1.29 is 9.59 Å². The minimum atomic E-state index is -0.226. The molecule has 7 heteroatoms. The number of carbonyl (C=O) groups is 2. The van der Waals surface area contributed by atoms with E-state index in [4.69, 9.17) is 0 Å². The molecule has 1 aliphatic carbocycles. The largest absolute Gasteiger partial charge is 0.352 e. The number of hydrogen-bond acceptors (Lipinski definition) is 4. The first-order valence-electron chi connectivity index (χ1n) is 8.67. The Morgan fingerprint density at radius 3 is 2.76 bits per heavy atom. The maximum absolute atomic E-state index is 12.5. The van der Waals surface area contributed by atoms with Gasteiger partial charge in [-0.05, 0) is 24.0 Å². The zero-order chi connectivity index (χ0) is 17.2. The number of aromatic nitrogens is 3. The number of rotatable bonds is 6. The van der Waals surface area contributed by atoms with Crippen LogP contribution in [-0.2, 0) is 22.7 Å². The van der Waals surface area contributed by atoms with Crippen LogP contribution in [0.25, 0.3) is 0 Å². The van der Waals surface area contributed by atoms with Gasteiger partial charge in [0.1, 0.15) is 12.7 Å². The number of hydrogen-bond donors (Lipinski definition) is 1. The zero-order valence-corrected chi connectivity index (χ0v) is 14.0. The molecular formula is C18H21N5O2. The first-order chi connectivity index (χ1) is 12.2. The fraction of sp³-hybridized carbons (Fsp3) is 0.444. The van der Waals surface area contributed by atoms with Crippen LogP contribution in [-0.4, -0.2) is 44.1 Å². The van der Waals surface area contributed by atoms with Gasteiger partial charge in [-0.3, -0.25) is 9.59 Å². The monoisotopic (exact) mass is 339 g/mol. The van der Waals surface area contributed by atoms with Crippen molar-refractivity contribution in [3.8, 4) is 0 Å². The highest BCUT2D eigenvalue weighted by Crippen LogP contribution is 2.32. The van der Waals surface area contributed by atoms with Gasteiger partial charge in [-0.2, -0.15) is 5.10 Å². The molecule has 0 bridgehead atoms. The Morgan fingerprint density at radius 2 is 2.04 bits per heavy atom. The normalized spacial score (nSPS) is 20.1. The predicted molar refractivity (Wildman–Crippen MR) is 90.3 cm³/mol. The van der Waals surface area contributed by atoms with Crippen LogP contribution in [0.5, 0.6) is 0 Å². The summed E-state index contributed by atoms with van der Waals surface area (Å²) in [5.41, 5.74) is 2.14. The first-order valence-corrected chi connectivity index (χ1v) is 8.67. The van der Waals surface area contributed by atoms with Crippen LogP contribution < -0.4 is 5.32 Å². The van der Waals surface area contributed by atoms with E-state index in [1.54, 1.807) is 11.0 Å². The van der Waals surface area contributed by atoms with E-state index in [9.17, 15) is 9.59 Å². The number of nitrogens with zero attached hydrogens (tertiary/aromatic N) is 4. The molecule has 2 fully saturated rings. The summed E-state index contributed by atoms with van der Waals surface area (Å²) in [6.45, 7) is 1.64. The second kappa shape index (κ2) is 6.66. The molecule has 4 rings (SSSR count). The van der Waals surface area contributed by atoms with E-state index in [2.05, 4.69) is 15.4 Å². The Kier molecular flexibility index (Phi) is 4.21. The van der Waals surface area contributed by atoms with Gasteiger partial charge < -0.3 is 10.2 Å². The third-order valence-corrected chi connectivity index (χ3v) is 4.89. The van der Waals surface area contributed by atoms with Crippen molar-refractivity contribution in [2.75, 3.05) is 6.54 Å². The number of benzene rings is 1. The molecule has 130 valence electrons. The van der Waals surface area contributed by atoms with E-state index in [0.29, 0.717) is 32.1 Å². The summed E-state index contributed by atoms with van der Waals surface area (Å²) in [5, 5.41) is 7.12. The van der Waals surface area contributed by atoms with Gasteiger partial charge in [-0.15, -0.1) is 0 Å². The average Bonchev–Trinajstić information content (AvgIpc) is 3.19. The van der Waals surface area contributed by atoms with Gasteiger partial charge in [0.2, 0.25) is 11.8 Å². The lowest BCUT2D eigenvalue weighted by molar-refractivity contribution is -0.129. The second-order valence-electron chi connectivity index (χ2n) is 6.76.